The number of carbonyl (C=O) groups is 2. The van der Waals surface area contributed by atoms with Gasteiger partial charge in [-0.05, 0) is 49.6 Å². The largest absolute Gasteiger partial charge is 0.322 e. The van der Waals surface area contributed by atoms with Gasteiger partial charge in [0.2, 0.25) is 5.91 Å². The van der Waals surface area contributed by atoms with Crippen LogP contribution in [0.5, 0.6) is 0 Å². The van der Waals surface area contributed by atoms with Gasteiger partial charge in [-0.3, -0.25) is 9.59 Å². The highest BCUT2D eigenvalue weighted by Crippen LogP contribution is 2.30. The molecule has 2 N–H and O–H groups in total. The molecule has 0 atom stereocenters. The molecule has 2 amide bonds. The minimum atomic E-state index is -0.156. The van der Waals surface area contributed by atoms with E-state index in [2.05, 4.69) is 15.6 Å². The molecule has 1 aliphatic carbocycles. The average molecular weight is 379 g/mol. The molecule has 138 valence electrons. The summed E-state index contributed by atoms with van der Waals surface area (Å²) in [4.78, 5) is 29.3. The smallest absolute Gasteiger partial charge is 0.255 e. The Morgan fingerprint density at radius 1 is 1.07 bits per heavy atom. The second-order valence-electron chi connectivity index (χ2n) is 6.94. The van der Waals surface area contributed by atoms with Crippen molar-refractivity contribution in [2.75, 3.05) is 10.6 Å². The molecular formula is C21H21N3O2S. The number of amides is 2. The van der Waals surface area contributed by atoms with Gasteiger partial charge in [0, 0.05) is 17.2 Å². The Hall–Kier alpha value is -2.73. The predicted octanol–water partition coefficient (Wildman–Crippen LogP) is 4.99. The number of nitrogens with zero attached hydrogens (tertiary/aromatic N) is 1. The molecule has 0 radical (unpaired) electrons. The van der Waals surface area contributed by atoms with Crippen molar-refractivity contribution in [3.8, 4) is 0 Å². The maximum atomic E-state index is 12.6. The molecule has 0 bridgehead atoms. The van der Waals surface area contributed by atoms with Gasteiger partial charge in [-0.1, -0.05) is 42.4 Å². The molecule has 1 aromatic heterocycles. The molecule has 4 rings (SSSR count). The minimum Gasteiger partial charge on any atom is -0.322 e. The third-order valence-electron chi connectivity index (χ3n) is 5.00. The highest BCUT2D eigenvalue weighted by atomic mass is 32.1. The minimum absolute atomic E-state index is 0.0593. The zero-order valence-corrected chi connectivity index (χ0v) is 15.9. The lowest BCUT2D eigenvalue weighted by Gasteiger charge is -2.07. The number of hydrogen-bond donors (Lipinski definition) is 2. The fourth-order valence-electron chi connectivity index (χ4n) is 3.42. The van der Waals surface area contributed by atoms with E-state index in [1.54, 1.807) is 6.07 Å². The lowest BCUT2D eigenvalue weighted by atomic mass is 10.1. The summed E-state index contributed by atoms with van der Waals surface area (Å²) in [5.74, 6) is 0.00711. The van der Waals surface area contributed by atoms with Crippen molar-refractivity contribution in [2.45, 2.75) is 32.6 Å². The molecule has 0 unspecified atom stereocenters. The van der Waals surface area contributed by atoms with E-state index in [1.165, 1.54) is 11.3 Å². The monoisotopic (exact) mass is 379 g/mol. The summed E-state index contributed by atoms with van der Waals surface area (Å²) in [5, 5.41) is 6.48. The van der Waals surface area contributed by atoms with Crippen molar-refractivity contribution in [3.05, 3.63) is 53.6 Å². The van der Waals surface area contributed by atoms with Crippen LogP contribution in [0.3, 0.4) is 0 Å². The van der Waals surface area contributed by atoms with Crippen LogP contribution in [0.25, 0.3) is 10.2 Å². The molecule has 0 saturated heterocycles. The van der Waals surface area contributed by atoms with E-state index in [1.807, 2.05) is 43.3 Å². The summed E-state index contributed by atoms with van der Waals surface area (Å²) in [5.41, 5.74) is 3.18. The third-order valence-corrected chi connectivity index (χ3v) is 5.93. The maximum Gasteiger partial charge on any atom is 0.255 e. The molecule has 2 aromatic carbocycles. The van der Waals surface area contributed by atoms with Crippen LogP contribution in [0.15, 0.2) is 42.5 Å². The third kappa shape index (κ3) is 3.85. The van der Waals surface area contributed by atoms with Gasteiger partial charge < -0.3 is 10.6 Å². The Labute approximate surface area is 161 Å². The summed E-state index contributed by atoms with van der Waals surface area (Å²) >= 11 is 1.40. The van der Waals surface area contributed by atoms with E-state index < -0.39 is 0 Å². The highest BCUT2D eigenvalue weighted by Gasteiger charge is 2.23. The van der Waals surface area contributed by atoms with Gasteiger partial charge in [0.05, 0.1) is 10.2 Å². The zero-order valence-electron chi connectivity index (χ0n) is 15.1. The van der Waals surface area contributed by atoms with Crippen molar-refractivity contribution in [1.82, 2.24) is 4.98 Å². The van der Waals surface area contributed by atoms with E-state index in [0.717, 1.165) is 47.2 Å². The van der Waals surface area contributed by atoms with Crippen LogP contribution in [-0.2, 0) is 4.79 Å². The fraction of sp³-hybridized carbons (Fsp3) is 0.286. The van der Waals surface area contributed by atoms with Gasteiger partial charge in [-0.2, -0.15) is 0 Å². The molecule has 1 saturated carbocycles. The zero-order chi connectivity index (χ0) is 18.8. The Morgan fingerprint density at radius 3 is 2.63 bits per heavy atom. The van der Waals surface area contributed by atoms with E-state index in [0.29, 0.717) is 10.7 Å². The van der Waals surface area contributed by atoms with E-state index >= 15 is 0 Å². The first kappa shape index (κ1) is 17.7. The van der Waals surface area contributed by atoms with Crippen molar-refractivity contribution < 1.29 is 9.59 Å². The fourth-order valence-corrected chi connectivity index (χ4v) is 4.33. The molecule has 0 aliphatic heterocycles. The van der Waals surface area contributed by atoms with E-state index in [9.17, 15) is 9.59 Å². The Kier molecular flexibility index (Phi) is 4.90. The van der Waals surface area contributed by atoms with Crippen LogP contribution in [0.2, 0.25) is 0 Å². The normalized spacial score (nSPS) is 14.4. The van der Waals surface area contributed by atoms with Gasteiger partial charge in [-0.25, -0.2) is 4.98 Å². The molecule has 1 aliphatic rings. The number of hydrogen-bond acceptors (Lipinski definition) is 4. The molecule has 0 spiro atoms. The summed E-state index contributed by atoms with van der Waals surface area (Å²) < 4.78 is 0.883. The Balaban J connectivity index is 1.51. The quantitative estimate of drug-likeness (QED) is 0.671. The number of carbonyl (C=O) groups excluding carboxylic acids is 2. The van der Waals surface area contributed by atoms with Crippen molar-refractivity contribution in [1.29, 1.82) is 0 Å². The number of fused-ring (bicyclic) bond motifs is 1. The van der Waals surface area contributed by atoms with Crippen LogP contribution >= 0.6 is 11.3 Å². The van der Waals surface area contributed by atoms with Crippen LogP contribution in [-0.4, -0.2) is 16.8 Å². The van der Waals surface area contributed by atoms with E-state index in [4.69, 9.17) is 0 Å². The van der Waals surface area contributed by atoms with Gasteiger partial charge in [0.25, 0.3) is 5.91 Å². The first-order valence-electron chi connectivity index (χ1n) is 9.18. The highest BCUT2D eigenvalue weighted by molar-refractivity contribution is 7.22. The summed E-state index contributed by atoms with van der Waals surface area (Å²) in [6.45, 7) is 1.96. The maximum absolute atomic E-state index is 12.6. The lowest BCUT2D eigenvalue weighted by molar-refractivity contribution is -0.119. The molecule has 1 heterocycles. The second kappa shape index (κ2) is 7.48. The number of aromatic nitrogens is 1. The van der Waals surface area contributed by atoms with Crippen molar-refractivity contribution in [3.63, 3.8) is 0 Å². The van der Waals surface area contributed by atoms with Gasteiger partial charge in [0.1, 0.15) is 0 Å². The molecular weight excluding hydrogens is 358 g/mol. The standard InChI is InChI=1S/C21H21N3O2S/c1-13-6-2-5-9-16(13)22-20(26)15-10-11-17-18(12-15)27-21(23-17)24-19(25)14-7-3-4-8-14/h2,5-6,9-12,14H,3-4,7-8H2,1H3,(H,22,26)(H,23,24,25). The summed E-state index contributed by atoms with van der Waals surface area (Å²) in [7, 11) is 0. The molecule has 27 heavy (non-hydrogen) atoms. The Morgan fingerprint density at radius 2 is 1.85 bits per heavy atom. The summed E-state index contributed by atoms with van der Waals surface area (Å²) in [6, 6.07) is 13.1. The Bertz CT molecular complexity index is 1010. The van der Waals surface area contributed by atoms with Crippen molar-refractivity contribution in [2.24, 2.45) is 5.92 Å². The van der Waals surface area contributed by atoms with Gasteiger partial charge in [0.15, 0.2) is 5.13 Å². The molecule has 3 aromatic rings. The SMILES string of the molecule is Cc1ccccc1NC(=O)c1ccc2nc(NC(=O)C3CCCC3)sc2c1. The average Bonchev–Trinajstić information content (AvgIpc) is 3.32. The topological polar surface area (TPSA) is 71.1 Å². The van der Waals surface area contributed by atoms with Crippen LogP contribution in [0.4, 0.5) is 10.8 Å². The van der Waals surface area contributed by atoms with Crippen LogP contribution in [0, 0.1) is 12.8 Å². The van der Waals surface area contributed by atoms with Crippen LogP contribution < -0.4 is 10.6 Å². The summed E-state index contributed by atoms with van der Waals surface area (Å²) in [6.07, 6.45) is 4.16. The molecule has 1 fully saturated rings. The number of nitrogens with one attached hydrogen (secondary N) is 2. The number of benzene rings is 2. The number of aryl methyl sites for hydroxylation is 1. The number of rotatable bonds is 4. The first-order valence-corrected chi connectivity index (χ1v) is 10.0. The lowest BCUT2D eigenvalue weighted by Crippen LogP contribution is -2.19. The van der Waals surface area contributed by atoms with Crippen molar-refractivity contribution >= 4 is 44.2 Å². The molecule has 6 heteroatoms. The number of anilines is 2. The predicted molar refractivity (Wildman–Crippen MR) is 109 cm³/mol. The first-order chi connectivity index (χ1) is 13.1. The van der Waals surface area contributed by atoms with Crippen LogP contribution in [0.1, 0.15) is 41.6 Å². The molecule has 5 nitrogen and oxygen atoms in total. The number of thiazole rings is 1. The second-order valence-corrected chi connectivity index (χ2v) is 7.97. The van der Waals surface area contributed by atoms with E-state index in [-0.39, 0.29) is 17.7 Å². The number of para-hydroxylation sites is 1. The van der Waals surface area contributed by atoms with Gasteiger partial charge >= 0.3 is 0 Å². The van der Waals surface area contributed by atoms with Gasteiger partial charge in [-0.15, -0.1) is 0 Å².